The van der Waals surface area contributed by atoms with Gasteiger partial charge >= 0.3 is 0 Å². The zero-order chi connectivity index (χ0) is 16.7. The number of benzene rings is 1. The van der Waals surface area contributed by atoms with E-state index in [0.29, 0.717) is 28.6 Å². The Morgan fingerprint density at radius 3 is 2.75 bits per heavy atom. The quantitative estimate of drug-likeness (QED) is 0.499. The van der Waals surface area contributed by atoms with Gasteiger partial charge in [0.2, 0.25) is 0 Å². The molecule has 3 aromatic heterocycles. The Kier molecular flexibility index (Phi) is 3.13. The van der Waals surface area contributed by atoms with Crippen LogP contribution in [-0.2, 0) is 0 Å². The fourth-order valence-electron chi connectivity index (χ4n) is 2.68. The molecule has 0 unspecified atom stereocenters. The summed E-state index contributed by atoms with van der Waals surface area (Å²) in [6.45, 7) is 0. The third-order valence-electron chi connectivity index (χ3n) is 3.91. The molecule has 120 valence electrons. The number of hydrogen-bond donors (Lipinski definition) is 3. The highest BCUT2D eigenvalue weighted by Crippen LogP contribution is 2.37. The van der Waals surface area contributed by atoms with Crippen LogP contribution in [0.2, 0.25) is 0 Å². The molecule has 1 aromatic carbocycles. The van der Waals surface area contributed by atoms with E-state index in [4.69, 9.17) is 20.6 Å². The van der Waals surface area contributed by atoms with Crippen LogP contribution >= 0.6 is 0 Å². The maximum atomic E-state index is 5.98. The summed E-state index contributed by atoms with van der Waals surface area (Å²) in [5.74, 6) is 1.59. The predicted molar refractivity (Wildman–Crippen MR) is 92.4 cm³/mol. The maximum absolute atomic E-state index is 5.98. The Labute approximate surface area is 137 Å². The zero-order valence-electron chi connectivity index (χ0n) is 12.9. The Bertz CT molecular complexity index is 1020. The highest BCUT2D eigenvalue weighted by Gasteiger charge is 2.16. The van der Waals surface area contributed by atoms with Crippen LogP contribution in [0, 0.1) is 0 Å². The number of aromatic amines is 1. The number of nitrogens with one attached hydrogen (secondary N) is 1. The summed E-state index contributed by atoms with van der Waals surface area (Å²) in [5.41, 5.74) is 15.6. The van der Waals surface area contributed by atoms with Crippen molar-refractivity contribution in [1.29, 1.82) is 0 Å². The van der Waals surface area contributed by atoms with Gasteiger partial charge in [-0.05, 0) is 24.3 Å². The molecule has 0 aliphatic heterocycles. The molecule has 4 rings (SSSR count). The molecule has 4 aromatic rings. The van der Waals surface area contributed by atoms with Gasteiger partial charge in [0, 0.05) is 34.5 Å². The van der Waals surface area contributed by atoms with E-state index in [1.165, 1.54) is 0 Å². The van der Waals surface area contributed by atoms with E-state index in [-0.39, 0.29) is 0 Å². The van der Waals surface area contributed by atoms with Crippen molar-refractivity contribution in [2.24, 2.45) is 0 Å². The van der Waals surface area contributed by atoms with Crippen molar-refractivity contribution in [3.63, 3.8) is 0 Å². The van der Waals surface area contributed by atoms with Crippen LogP contribution in [0.25, 0.3) is 33.4 Å². The molecule has 0 atom stereocenters. The maximum Gasteiger partial charge on any atom is 0.177 e. The van der Waals surface area contributed by atoms with Crippen LogP contribution in [-0.4, -0.2) is 22.3 Å². The SMILES string of the molecule is COc1cc(-c2cc3c(-c4cn[nH]c4)cnc(N)c3o2)ccc1N. The van der Waals surface area contributed by atoms with Gasteiger partial charge in [0.15, 0.2) is 11.4 Å². The van der Waals surface area contributed by atoms with Crippen molar-refractivity contribution in [2.45, 2.75) is 0 Å². The number of aromatic nitrogens is 3. The van der Waals surface area contributed by atoms with E-state index in [1.54, 1.807) is 31.8 Å². The van der Waals surface area contributed by atoms with Crippen molar-refractivity contribution in [2.75, 3.05) is 18.6 Å². The number of ether oxygens (including phenoxy) is 1. The van der Waals surface area contributed by atoms with Crippen LogP contribution in [0.1, 0.15) is 0 Å². The molecule has 7 nitrogen and oxygen atoms in total. The van der Waals surface area contributed by atoms with Gasteiger partial charge < -0.3 is 20.6 Å². The number of furan rings is 1. The van der Waals surface area contributed by atoms with E-state index in [2.05, 4.69) is 15.2 Å². The lowest BCUT2D eigenvalue weighted by Gasteiger charge is -2.05. The third kappa shape index (κ3) is 2.14. The Balaban J connectivity index is 1.92. The second-order valence-corrected chi connectivity index (χ2v) is 5.35. The molecule has 24 heavy (non-hydrogen) atoms. The summed E-state index contributed by atoms with van der Waals surface area (Å²) >= 11 is 0. The zero-order valence-corrected chi connectivity index (χ0v) is 12.9. The fourth-order valence-corrected chi connectivity index (χ4v) is 2.68. The highest BCUT2D eigenvalue weighted by molar-refractivity contribution is 6.00. The number of hydrogen-bond acceptors (Lipinski definition) is 6. The predicted octanol–water partition coefficient (Wildman–Crippen LogP) is 3.06. The number of nitrogens with two attached hydrogens (primary N) is 2. The van der Waals surface area contributed by atoms with Gasteiger partial charge in [0.25, 0.3) is 0 Å². The van der Waals surface area contributed by atoms with Crippen LogP contribution < -0.4 is 16.2 Å². The van der Waals surface area contributed by atoms with Gasteiger partial charge in [-0.15, -0.1) is 0 Å². The Hall–Kier alpha value is -3.48. The normalized spacial score (nSPS) is 11.0. The average Bonchev–Trinajstić information content (AvgIpc) is 3.25. The molecule has 0 spiro atoms. The van der Waals surface area contributed by atoms with E-state index in [1.807, 2.05) is 18.2 Å². The molecule has 0 aliphatic rings. The second kappa shape index (κ2) is 5.31. The van der Waals surface area contributed by atoms with Gasteiger partial charge in [-0.2, -0.15) is 5.10 Å². The first-order valence-electron chi connectivity index (χ1n) is 7.28. The van der Waals surface area contributed by atoms with Crippen molar-refractivity contribution >= 4 is 22.5 Å². The van der Waals surface area contributed by atoms with E-state index in [0.717, 1.165) is 22.1 Å². The van der Waals surface area contributed by atoms with Crippen LogP contribution in [0.4, 0.5) is 11.5 Å². The summed E-state index contributed by atoms with van der Waals surface area (Å²) in [4.78, 5) is 4.22. The molecule has 5 N–H and O–H groups in total. The van der Waals surface area contributed by atoms with Gasteiger partial charge in [0.1, 0.15) is 11.5 Å². The van der Waals surface area contributed by atoms with Gasteiger partial charge in [-0.25, -0.2) is 4.98 Å². The topological polar surface area (TPSA) is 116 Å². The number of fused-ring (bicyclic) bond motifs is 1. The summed E-state index contributed by atoms with van der Waals surface area (Å²) in [6, 6.07) is 7.41. The molecule has 0 saturated heterocycles. The van der Waals surface area contributed by atoms with Crippen LogP contribution in [0.15, 0.2) is 47.3 Å². The molecule has 0 bridgehead atoms. The number of pyridine rings is 1. The van der Waals surface area contributed by atoms with Gasteiger partial charge in [-0.3, -0.25) is 5.10 Å². The number of rotatable bonds is 3. The average molecular weight is 321 g/mol. The molecule has 0 amide bonds. The minimum atomic E-state index is 0.339. The van der Waals surface area contributed by atoms with Crippen molar-refractivity contribution in [3.05, 3.63) is 42.9 Å². The number of nitrogen functional groups attached to an aromatic ring is 2. The van der Waals surface area contributed by atoms with Gasteiger partial charge in [-0.1, -0.05) is 0 Å². The van der Waals surface area contributed by atoms with Crippen LogP contribution in [0.3, 0.4) is 0 Å². The lowest BCUT2D eigenvalue weighted by molar-refractivity contribution is 0.417. The molecular formula is C17H15N5O2. The summed E-state index contributed by atoms with van der Waals surface area (Å²) in [5, 5.41) is 7.65. The van der Waals surface area contributed by atoms with Crippen molar-refractivity contribution < 1.29 is 9.15 Å². The standard InChI is InChI=1S/C17H15N5O2/c1-23-15-4-9(2-3-13(15)18)14-5-11-12(10-6-21-22-7-10)8-20-17(19)16(11)24-14/h2-8H,18H2,1H3,(H2,19,20)(H,21,22). The Morgan fingerprint density at radius 1 is 1.12 bits per heavy atom. The van der Waals surface area contributed by atoms with Crippen LogP contribution in [0.5, 0.6) is 5.75 Å². The minimum Gasteiger partial charge on any atom is -0.495 e. The Morgan fingerprint density at radius 2 is 2.00 bits per heavy atom. The number of H-pyrrole nitrogens is 1. The van der Waals surface area contributed by atoms with Crippen molar-refractivity contribution in [1.82, 2.24) is 15.2 Å². The van der Waals surface area contributed by atoms with E-state index >= 15 is 0 Å². The third-order valence-corrected chi connectivity index (χ3v) is 3.91. The van der Waals surface area contributed by atoms with Crippen molar-refractivity contribution in [3.8, 4) is 28.2 Å². The minimum absolute atomic E-state index is 0.339. The molecule has 7 heteroatoms. The monoisotopic (exact) mass is 321 g/mol. The number of methoxy groups -OCH3 is 1. The first-order valence-corrected chi connectivity index (χ1v) is 7.28. The molecule has 0 aliphatic carbocycles. The van der Waals surface area contributed by atoms with E-state index in [9.17, 15) is 0 Å². The summed E-state index contributed by atoms with van der Waals surface area (Å²) < 4.78 is 11.2. The second-order valence-electron chi connectivity index (χ2n) is 5.35. The lowest BCUT2D eigenvalue weighted by atomic mass is 10.1. The molecule has 0 fully saturated rings. The molecule has 0 saturated carbocycles. The largest absolute Gasteiger partial charge is 0.495 e. The molecule has 3 heterocycles. The summed E-state index contributed by atoms with van der Waals surface area (Å²) in [6.07, 6.45) is 5.24. The first kappa shape index (κ1) is 14.1. The smallest absolute Gasteiger partial charge is 0.177 e. The van der Waals surface area contributed by atoms with E-state index < -0.39 is 0 Å². The summed E-state index contributed by atoms with van der Waals surface area (Å²) in [7, 11) is 1.58. The first-order chi connectivity index (χ1) is 11.7. The number of anilines is 2. The number of nitrogens with zero attached hydrogens (tertiary/aromatic N) is 2. The fraction of sp³-hybridized carbons (Fsp3) is 0.0588. The lowest BCUT2D eigenvalue weighted by Crippen LogP contribution is -1.92. The molecular weight excluding hydrogens is 306 g/mol. The molecule has 0 radical (unpaired) electrons. The van der Waals surface area contributed by atoms with Gasteiger partial charge in [0.05, 0.1) is 19.0 Å². The highest BCUT2D eigenvalue weighted by atomic mass is 16.5.